The lowest BCUT2D eigenvalue weighted by atomic mass is 9.79. The molecule has 0 saturated heterocycles. The molecular formula is C10H14BrNS. The lowest BCUT2D eigenvalue weighted by Crippen LogP contribution is -2.36. The van der Waals surface area contributed by atoms with Gasteiger partial charge in [-0.3, -0.25) is 0 Å². The fraction of sp³-hybridized carbons (Fsp3) is 0.600. The maximum Gasteiger partial charge on any atom is 0.0285 e. The van der Waals surface area contributed by atoms with E-state index in [0.717, 1.165) is 12.3 Å². The zero-order valence-corrected chi connectivity index (χ0v) is 9.90. The van der Waals surface area contributed by atoms with E-state index in [2.05, 4.69) is 27.4 Å². The molecule has 2 N–H and O–H groups in total. The molecule has 1 aromatic heterocycles. The van der Waals surface area contributed by atoms with Gasteiger partial charge in [0.15, 0.2) is 0 Å². The minimum atomic E-state index is 0.388. The van der Waals surface area contributed by atoms with Crippen molar-refractivity contribution in [2.45, 2.75) is 31.7 Å². The van der Waals surface area contributed by atoms with Crippen molar-refractivity contribution < 1.29 is 0 Å². The predicted molar refractivity (Wildman–Crippen MR) is 61.0 cm³/mol. The van der Waals surface area contributed by atoms with E-state index in [0.29, 0.717) is 6.04 Å². The van der Waals surface area contributed by atoms with Crippen LogP contribution in [0.5, 0.6) is 0 Å². The van der Waals surface area contributed by atoms with Crippen LogP contribution in [0.1, 0.15) is 24.1 Å². The van der Waals surface area contributed by atoms with Gasteiger partial charge in [-0.1, -0.05) is 6.42 Å². The Labute approximate surface area is 91.5 Å². The number of hydrogen-bond acceptors (Lipinski definition) is 2. The minimum Gasteiger partial charge on any atom is -0.327 e. The molecule has 13 heavy (non-hydrogen) atoms. The summed E-state index contributed by atoms with van der Waals surface area (Å²) in [5.41, 5.74) is 6.11. The van der Waals surface area contributed by atoms with Gasteiger partial charge >= 0.3 is 0 Å². The van der Waals surface area contributed by atoms with Crippen LogP contribution in [-0.4, -0.2) is 6.04 Å². The van der Waals surface area contributed by atoms with Crippen LogP contribution in [0.4, 0.5) is 0 Å². The summed E-state index contributed by atoms with van der Waals surface area (Å²) >= 11 is 5.26. The van der Waals surface area contributed by atoms with E-state index >= 15 is 0 Å². The van der Waals surface area contributed by atoms with Gasteiger partial charge in [-0.15, -0.1) is 11.3 Å². The van der Waals surface area contributed by atoms with E-state index in [1.54, 1.807) is 11.3 Å². The largest absolute Gasteiger partial charge is 0.327 e. The fourth-order valence-corrected chi connectivity index (χ4v) is 3.25. The van der Waals surface area contributed by atoms with Crippen molar-refractivity contribution in [2.24, 2.45) is 11.7 Å². The molecule has 0 aromatic carbocycles. The van der Waals surface area contributed by atoms with E-state index in [1.165, 1.54) is 28.6 Å². The van der Waals surface area contributed by atoms with E-state index in [-0.39, 0.29) is 0 Å². The van der Waals surface area contributed by atoms with Gasteiger partial charge < -0.3 is 5.73 Å². The highest BCUT2D eigenvalue weighted by Gasteiger charge is 2.24. The Kier molecular flexibility index (Phi) is 3.06. The lowest BCUT2D eigenvalue weighted by Gasteiger charge is -2.30. The van der Waals surface area contributed by atoms with Crippen molar-refractivity contribution in [2.75, 3.05) is 0 Å². The van der Waals surface area contributed by atoms with Gasteiger partial charge in [0.25, 0.3) is 0 Å². The van der Waals surface area contributed by atoms with Crippen molar-refractivity contribution >= 4 is 27.3 Å². The van der Waals surface area contributed by atoms with Crippen molar-refractivity contribution in [1.29, 1.82) is 0 Å². The molecule has 1 atom stereocenters. The summed E-state index contributed by atoms with van der Waals surface area (Å²) in [7, 11) is 0. The molecule has 1 unspecified atom stereocenters. The monoisotopic (exact) mass is 259 g/mol. The van der Waals surface area contributed by atoms with Crippen LogP contribution in [0.25, 0.3) is 0 Å². The Morgan fingerprint density at radius 2 is 2.38 bits per heavy atom. The number of nitrogens with two attached hydrogens (primary N) is 1. The molecule has 2 rings (SSSR count). The predicted octanol–water partition coefficient (Wildman–Crippen LogP) is 3.18. The Hall–Kier alpha value is 0.140. The van der Waals surface area contributed by atoms with Gasteiger partial charge in [-0.05, 0) is 47.2 Å². The van der Waals surface area contributed by atoms with Crippen LogP contribution in [0.3, 0.4) is 0 Å². The van der Waals surface area contributed by atoms with Crippen LogP contribution in [0, 0.1) is 5.92 Å². The molecule has 1 aromatic rings. The first-order chi connectivity index (χ1) is 6.25. The first-order valence-corrected chi connectivity index (χ1v) is 6.41. The van der Waals surface area contributed by atoms with Crippen LogP contribution >= 0.6 is 27.3 Å². The summed E-state index contributed by atoms with van der Waals surface area (Å²) < 4.78 is 1.19. The zero-order valence-electron chi connectivity index (χ0n) is 7.50. The number of halogens is 1. The van der Waals surface area contributed by atoms with Crippen molar-refractivity contribution in [3.05, 3.63) is 20.8 Å². The Morgan fingerprint density at radius 3 is 2.85 bits per heavy atom. The molecule has 0 radical (unpaired) electrons. The SMILES string of the molecule is NC(Cc1cc(Br)cs1)C1CCC1. The van der Waals surface area contributed by atoms with Gasteiger partial charge in [0, 0.05) is 20.8 Å². The van der Waals surface area contributed by atoms with Gasteiger partial charge in [-0.25, -0.2) is 0 Å². The average Bonchev–Trinajstić information content (AvgIpc) is 2.31. The highest BCUT2D eigenvalue weighted by Crippen LogP contribution is 2.31. The van der Waals surface area contributed by atoms with Gasteiger partial charge in [-0.2, -0.15) is 0 Å². The highest BCUT2D eigenvalue weighted by molar-refractivity contribution is 9.10. The van der Waals surface area contributed by atoms with Crippen molar-refractivity contribution in [3.8, 4) is 0 Å². The summed E-state index contributed by atoms with van der Waals surface area (Å²) in [6, 6.07) is 2.57. The third-order valence-corrected chi connectivity index (χ3v) is 4.53. The molecular weight excluding hydrogens is 246 g/mol. The van der Waals surface area contributed by atoms with Crippen molar-refractivity contribution in [3.63, 3.8) is 0 Å². The maximum atomic E-state index is 6.11. The maximum absolute atomic E-state index is 6.11. The summed E-state index contributed by atoms with van der Waals surface area (Å²) in [5, 5.41) is 2.13. The summed E-state index contributed by atoms with van der Waals surface area (Å²) in [5.74, 6) is 0.792. The van der Waals surface area contributed by atoms with E-state index in [4.69, 9.17) is 5.73 Å². The molecule has 0 bridgehead atoms. The van der Waals surface area contributed by atoms with Crippen LogP contribution in [-0.2, 0) is 6.42 Å². The first kappa shape index (κ1) is 9.69. The first-order valence-electron chi connectivity index (χ1n) is 4.74. The van der Waals surface area contributed by atoms with Gasteiger partial charge in [0.1, 0.15) is 0 Å². The van der Waals surface area contributed by atoms with Crippen molar-refractivity contribution in [1.82, 2.24) is 0 Å². The summed E-state index contributed by atoms with van der Waals surface area (Å²) in [4.78, 5) is 1.41. The summed E-state index contributed by atoms with van der Waals surface area (Å²) in [6.07, 6.45) is 5.12. The number of thiophene rings is 1. The molecule has 1 aliphatic carbocycles. The average molecular weight is 260 g/mol. The minimum absolute atomic E-state index is 0.388. The van der Waals surface area contributed by atoms with Crippen LogP contribution in [0.2, 0.25) is 0 Å². The van der Waals surface area contributed by atoms with Gasteiger partial charge in [0.05, 0.1) is 0 Å². The second kappa shape index (κ2) is 4.11. The Morgan fingerprint density at radius 1 is 1.62 bits per heavy atom. The van der Waals surface area contributed by atoms with Gasteiger partial charge in [0.2, 0.25) is 0 Å². The molecule has 72 valence electrons. The third-order valence-electron chi connectivity index (χ3n) is 2.81. The lowest BCUT2D eigenvalue weighted by molar-refractivity contribution is 0.261. The zero-order chi connectivity index (χ0) is 9.26. The second-order valence-corrected chi connectivity index (χ2v) is 5.70. The standard InChI is InChI=1S/C10H14BrNS/c11-8-4-9(13-6-8)5-10(12)7-2-1-3-7/h4,6-7,10H,1-3,5,12H2. The quantitative estimate of drug-likeness (QED) is 0.887. The van der Waals surface area contributed by atoms with E-state index in [1.807, 2.05) is 0 Å². The topological polar surface area (TPSA) is 26.0 Å². The molecule has 1 aliphatic rings. The molecule has 0 spiro atoms. The highest BCUT2D eigenvalue weighted by atomic mass is 79.9. The Balaban J connectivity index is 1.89. The Bertz CT molecular complexity index is 280. The van der Waals surface area contributed by atoms with E-state index < -0.39 is 0 Å². The summed E-state index contributed by atoms with van der Waals surface area (Å²) in [6.45, 7) is 0. The second-order valence-electron chi connectivity index (χ2n) is 3.79. The molecule has 1 saturated carbocycles. The molecule has 0 aliphatic heterocycles. The normalized spacial score (nSPS) is 19.8. The molecule has 1 nitrogen and oxygen atoms in total. The molecule has 1 heterocycles. The van der Waals surface area contributed by atoms with E-state index in [9.17, 15) is 0 Å². The molecule has 1 fully saturated rings. The smallest absolute Gasteiger partial charge is 0.0285 e. The van der Waals surface area contributed by atoms with Crippen LogP contribution < -0.4 is 5.73 Å². The number of rotatable bonds is 3. The van der Waals surface area contributed by atoms with Crippen LogP contribution in [0.15, 0.2) is 15.9 Å². The molecule has 3 heteroatoms. The number of hydrogen-bond donors (Lipinski definition) is 1. The molecule has 0 amide bonds. The third kappa shape index (κ3) is 2.33. The fourth-order valence-electron chi connectivity index (χ4n) is 1.73.